The minimum Gasteiger partial charge on any atom is -0.481 e. The first kappa shape index (κ1) is 20.9. The Kier molecular flexibility index (Phi) is 6.25. The molecule has 1 fully saturated rings. The molecule has 1 aliphatic heterocycles. The minimum absolute atomic E-state index is 0.125. The third-order valence-corrected chi connectivity index (χ3v) is 5.77. The van der Waals surface area contributed by atoms with Crippen LogP contribution in [0.1, 0.15) is 32.8 Å². The highest BCUT2D eigenvalue weighted by Crippen LogP contribution is 2.25. The maximum absolute atomic E-state index is 13.3. The van der Waals surface area contributed by atoms with E-state index in [2.05, 4.69) is 10.3 Å². The number of nitrogens with one attached hydrogen (secondary N) is 2. The van der Waals surface area contributed by atoms with Crippen molar-refractivity contribution in [3.05, 3.63) is 36.0 Å². The molecule has 3 unspecified atom stereocenters. The number of aromatic nitrogens is 1. The van der Waals surface area contributed by atoms with Gasteiger partial charge in [-0.1, -0.05) is 39.0 Å². The van der Waals surface area contributed by atoms with Gasteiger partial charge in [0.2, 0.25) is 11.8 Å². The number of carboxylic acid groups (broad SMARTS) is 1. The Hall–Kier alpha value is -2.83. The molecule has 0 radical (unpaired) electrons. The molecule has 29 heavy (non-hydrogen) atoms. The van der Waals surface area contributed by atoms with Crippen molar-refractivity contribution in [1.29, 1.82) is 0 Å². The molecule has 2 aromatic rings. The fourth-order valence-corrected chi connectivity index (χ4v) is 3.99. The fraction of sp³-hybridized carbons (Fsp3) is 0.500. The van der Waals surface area contributed by atoms with Gasteiger partial charge in [-0.3, -0.25) is 14.4 Å². The number of fused-ring (bicyclic) bond motifs is 1. The summed E-state index contributed by atoms with van der Waals surface area (Å²) in [5.74, 6) is -1.93. The van der Waals surface area contributed by atoms with Gasteiger partial charge >= 0.3 is 5.97 Å². The lowest BCUT2D eigenvalue weighted by Crippen LogP contribution is -2.54. The lowest BCUT2D eigenvalue weighted by atomic mass is 9.86. The average molecular weight is 399 g/mol. The van der Waals surface area contributed by atoms with Gasteiger partial charge in [0.1, 0.15) is 6.04 Å². The second-order valence-corrected chi connectivity index (χ2v) is 8.27. The largest absolute Gasteiger partial charge is 0.481 e. The molecule has 7 heteroatoms. The maximum Gasteiger partial charge on any atom is 0.306 e. The van der Waals surface area contributed by atoms with Crippen LogP contribution in [0, 0.1) is 17.8 Å². The van der Waals surface area contributed by atoms with Crippen LogP contribution < -0.4 is 5.32 Å². The molecule has 1 saturated heterocycles. The van der Waals surface area contributed by atoms with Gasteiger partial charge in [-0.2, -0.15) is 0 Å². The van der Waals surface area contributed by atoms with Gasteiger partial charge in [0.15, 0.2) is 0 Å². The highest BCUT2D eigenvalue weighted by molar-refractivity contribution is 5.90. The van der Waals surface area contributed by atoms with Crippen LogP contribution in [-0.2, 0) is 20.8 Å². The van der Waals surface area contributed by atoms with Crippen LogP contribution in [0.25, 0.3) is 10.9 Å². The molecular formula is C22H29N3O4. The number of piperidine rings is 1. The standard InChI is InChI=1S/C22H29N3O4/c1-13(2)20(26)24-19(10-15-11-23-18-7-5-4-6-17(15)18)21(27)25-9-8-16(22(28)29)14(3)12-25/h4-7,11,13-14,16,19,23H,8-10,12H2,1-3H3,(H,24,26)(H,28,29). The molecule has 7 nitrogen and oxygen atoms in total. The summed E-state index contributed by atoms with van der Waals surface area (Å²) in [5.41, 5.74) is 1.95. The number of para-hydroxylation sites is 1. The molecule has 2 amide bonds. The molecule has 156 valence electrons. The first-order chi connectivity index (χ1) is 13.8. The number of aliphatic carboxylic acids is 1. The van der Waals surface area contributed by atoms with Gasteiger partial charge in [-0.05, 0) is 24.0 Å². The quantitative estimate of drug-likeness (QED) is 0.694. The summed E-state index contributed by atoms with van der Waals surface area (Å²) in [4.78, 5) is 41.9. The second-order valence-electron chi connectivity index (χ2n) is 8.27. The summed E-state index contributed by atoms with van der Waals surface area (Å²) in [6, 6.07) is 7.17. The number of benzene rings is 1. The summed E-state index contributed by atoms with van der Waals surface area (Å²) in [6.07, 6.45) is 2.69. The number of amides is 2. The van der Waals surface area contributed by atoms with E-state index in [1.165, 1.54) is 0 Å². The summed E-state index contributed by atoms with van der Waals surface area (Å²) in [6.45, 7) is 6.23. The normalized spacial score (nSPS) is 20.6. The van der Waals surface area contributed by atoms with E-state index in [1.807, 2.05) is 37.4 Å². The molecule has 1 aliphatic rings. The molecule has 1 aromatic heterocycles. The van der Waals surface area contributed by atoms with E-state index >= 15 is 0 Å². The van der Waals surface area contributed by atoms with Gasteiger partial charge in [-0.25, -0.2) is 0 Å². The van der Waals surface area contributed by atoms with Crippen molar-refractivity contribution in [1.82, 2.24) is 15.2 Å². The van der Waals surface area contributed by atoms with Crippen molar-refractivity contribution < 1.29 is 19.5 Å². The third kappa shape index (κ3) is 4.60. The van der Waals surface area contributed by atoms with Crippen molar-refractivity contribution in [3.63, 3.8) is 0 Å². The van der Waals surface area contributed by atoms with Crippen LogP contribution in [0.5, 0.6) is 0 Å². The molecule has 0 bridgehead atoms. The van der Waals surface area contributed by atoms with E-state index < -0.39 is 17.9 Å². The van der Waals surface area contributed by atoms with Crippen LogP contribution in [-0.4, -0.2) is 51.9 Å². The van der Waals surface area contributed by atoms with Crippen LogP contribution in [0.15, 0.2) is 30.5 Å². The average Bonchev–Trinajstić information content (AvgIpc) is 3.09. The zero-order valence-corrected chi connectivity index (χ0v) is 17.1. The first-order valence-electron chi connectivity index (χ1n) is 10.1. The van der Waals surface area contributed by atoms with Gasteiger partial charge in [0, 0.05) is 42.5 Å². The monoisotopic (exact) mass is 399 g/mol. The van der Waals surface area contributed by atoms with E-state index in [9.17, 15) is 19.5 Å². The SMILES string of the molecule is CC(C)C(=O)NC(Cc1c[nH]c2ccccc12)C(=O)N1CCC(C(=O)O)C(C)C1. The molecule has 3 rings (SSSR count). The molecule has 2 heterocycles. The summed E-state index contributed by atoms with van der Waals surface area (Å²) < 4.78 is 0. The summed E-state index contributed by atoms with van der Waals surface area (Å²) in [7, 11) is 0. The smallest absolute Gasteiger partial charge is 0.306 e. The fourth-order valence-electron chi connectivity index (χ4n) is 3.99. The summed E-state index contributed by atoms with van der Waals surface area (Å²) >= 11 is 0. The van der Waals surface area contributed by atoms with Gasteiger partial charge in [0.25, 0.3) is 0 Å². The number of nitrogens with zero attached hydrogens (tertiary/aromatic N) is 1. The maximum atomic E-state index is 13.3. The van der Waals surface area contributed by atoms with E-state index in [1.54, 1.807) is 18.7 Å². The van der Waals surface area contributed by atoms with Gasteiger partial charge < -0.3 is 20.3 Å². The number of carbonyl (C=O) groups is 3. The van der Waals surface area contributed by atoms with E-state index in [-0.39, 0.29) is 23.7 Å². The third-order valence-electron chi connectivity index (χ3n) is 5.77. The van der Waals surface area contributed by atoms with Crippen LogP contribution in [0.3, 0.4) is 0 Å². The Morgan fingerprint density at radius 3 is 2.66 bits per heavy atom. The Balaban J connectivity index is 1.80. The topological polar surface area (TPSA) is 103 Å². The van der Waals surface area contributed by atoms with E-state index in [4.69, 9.17) is 0 Å². The number of rotatable bonds is 6. The zero-order valence-electron chi connectivity index (χ0n) is 17.1. The Morgan fingerprint density at radius 2 is 2.00 bits per heavy atom. The van der Waals surface area contributed by atoms with Crippen LogP contribution >= 0.6 is 0 Å². The van der Waals surface area contributed by atoms with Gasteiger partial charge in [0.05, 0.1) is 5.92 Å². The predicted molar refractivity (Wildman–Crippen MR) is 110 cm³/mol. The highest BCUT2D eigenvalue weighted by atomic mass is 16.4. The molecule has 3 atom stereocenters. The lowest BCUT2D eigenvalue weighted by molar-refractivity contribution is -0.149. The number of hydrogen-bond donors (Lipinski definition) is 3. The molecular weight excluding hydrogens is 370 g/mol. The summed E-state index contributed by atoms with van der Waals surface area (Å²) in [5, 5.41) is 13.3. The van der Waals surface area contributed by atoms with Crippen molar-refractivity contribution in [2.24, 2.45) is 17.8 Å². The van der Waals surface area contributed by atoms with Gasteiger partial charge in [-0.15, -0.1) is 0 Å². The van der Waals surface area contributed by atoms with Crippen molar-refractivity contribution in [3.8, 4) is 0 Å². The minimum atomic E-state index is -0.812. The zero-order chi connectivity index (χ0) is 21.1. The molecule has 0 saturated carbocycles. The number of carbonyl (C=O) groups excluding carboxylic acids is 2. The van der Waals surface area contributed by atoms with Crippen molar-refractivity contribution in [2.75, 3.05) is 13.1 Å². The first-order valence-corrected chi connectivity index (χ1v) is 10.1. The lowest BCUT2D eigenvalue weighted by Gasteiger charge is -2.37. The highest BCUT2D eigenvalue weighted by Gasteiger charge is 2.36. The number of carboxylic acids is 1. The molecule has 1 aromatic carbocycles. The number of hydrogen-bond acceptors (Lipinski definition) is 3. The van der Waals surface area contributed by atoms with E-state index in [0.29, 0.717) is 25.9 Å². The molecule has 0 spiro atoms. The van der Waals surface area contributed by atoms with Crippen molar-refractivity contribution in [2.45, 2.75) is 39.7 Å². The van der Waals surface area contributed by atoms with Crippen molar-refractivity contribution >= 4 is 28.7 Å². The predicted octanol–water partition coefficient (Wildman–Crippen LogP) is 2.42. The molecule has 0 aliphatic carbocycles. The van der Waals surface area contributed by atoms with Crippen LogP contribution in [0.2, 0.25) is 0 Å². The van der Waals surface area contributed by atoms with Crippen LogP contribution in [0.4, 0.5) is 0 Å². The molecule has 3 N–H and O–H groups in total. The Morgan fingerprint density at radius 1 is 1.28 bits per heavy atom. The number of likely N-dealkylation sites (tertiary alicyclic amines) is 1. The Bertz CT molecular complexity index is 904. The number of aromatic amines is 1. The second kappa shape index (κ2) is 8.68. The Labute approximate surface area is 170 Å². The van der Waals surface area contributed by atoms with E-state index in [0.717, 1.165) is 16.5 Å². The number of H-pyrrole nitrogens is 1.